The van der Waals surface area contributed by atoms with Crippen LogP contribution in [0.4, 0.5) is 0 Å². The molecule has 0 unspecified atom stereocenters. The molecule has 0 spiro atoms. The molecule has 30 heavy (non-hydrogen) atoms. The van der Waals surface area contributed by atoms with Crippen LogP contribution in [0, 0.1) is 0 Å². The van der Waals surface area contributed by atoms with Crippen molar-refractivity contribution in [3.8, 4) is 11.3 Å². The van der Waals surface area contributed by atoms with Crippen molar-refractivity contribution >= 4 is 40.8 Å². The number of hydrogen-bond donors (Lipinski definition) is 1. The van der Waals surface area contributed by atoms with Crippen molar-refractivity contribution in [3.63, 3.8) is 0 Å². The molecule has 1 amide bonds. The maximum atomic E-state index is 13.6. The summed E-state index contributed by atoms with van der Waals surface area (Å²) in [6, 6.07) is 17.3. The van der Waals surface area contributed by atoms with E-state index in [0.717, 1.165) is 35.0 Å². The Bertz CT molecular complexity index is 1060. The van der Waals surface area contributed by atoms with Gasteiger partial charge >= 0.3 is 0 Å². The quantitative estimate of drug-likeness (QED) is 0.597. The highest BCUT2D eigenvalue weighted by molar-refractivity contribution is 6.37. The van der Waals surface area contributed by atoms with Crippen molar-refractivity contribution in [1.82, 2.24) is 14.8 Å². The van der Waals surface area contributed by atoms with Gasteiger partial charge < -0.3 is 14.8 Å². The Morgan fingerprint density at radius 1 is 1.00 bits per heavy atom. The smallest absolute Gasteiger partial charge is 0.254 e. The first-order valence-corrected chi connectivity index (χ1v) is 10.8. The molecule has 0 radical (unpaired) electrons. The lowest BCUT2D eigenvalue weighted by molar-refractivity contribution is 0.0884. The van der Waals surface area contributed by atoms with Gasteiger partial charge in [0.05, 0.1) is 21.8 Å². The average Bonchev–Trinajstić information content (AvgIpc) is 3.11. The van der Waals surface area contributed by atoms with Crippen molar-refractivity contribution in [2.75, 3.05) is 7.05 Å². The molecule has 5 rings (SSSR count). The number of fused-ring (bicyclic) bond motifs is 3. The van der Waals surface area contributed by atoms with Crippen LogP contribution in [0.25, 0.3) is 22.2 Å². The van der Waals surface area contributed by atoms with Crippen molar-refractivity contribution in [3.05, 3.63) is 59.1 Å². The Morgan fingerprint density at radius 3 is 2.33 bits per heavy atom. The number of piperidine rings is 1. The predicted octanol–water partition coefficient (Wildman–Crippen LogP) is 5.28. The number of carbonyl (C=O) groups is 1. The highest BCUT2D eigenvalue weighted by atomic mass is 35.5. The molecule has 1 aromatic heterocycles. The summed E-state index contributed by atoms with van der Waals surface area (Å²) in [7, 11) is 4.23. The van der Waals surface area contributed by atoms with E-state index in [1.807, 2.05) is 43.4 Å². The Balaban J connectivity index is 0.00000218. The number of benzene rings is 2. The van der Waals surface area contributed by atoms with Crippen molar-refractivity contribution < 1.29 is 4.79 Å². The molecule has 2 saturated heterocycles. The monoisotopic (exact) mass is 443 g/mol. The second-order valence-electron chi connectivity index (χ2n) is 8.47. The summed E-state index contributed by atoms with van der Waals surface area (Å²) in [6.45, 7) is 0. The number of aromatic nitrogens is 1. The molecule has 158 valence electrons. The highest BCUT2D eigenvalue weighted by Crippen LogP contribution is 2.38. The fraction of sp³-hybridized carbons (Fsp3) is 0.375. The van der Waals surface area contributed by atoms with Crippen molar-refractivity contribution in [2.24, 2.45) is 7.05 Å². The summed E-state index contributed by atoms with van der Waals surface area (Å²) in [5.74, 6) is -0.0171. The first-order valence-electron chi connectivity index (χ1n) is 10.4. The third-order valence-electron chi connectivity index (χ3n) is 6.88. The summed E-state index contributed by atoms with van der Waals surface area (Å²) in [6.07, 6.45) is 4.53. The van der Waals surface area contributed by atoms with Gasteiger partial charge in [-0.15, -0.1) is 12.4 Å². The Labute approximate surface area is 188 Å². The van der Waals surface area contributed by atoms with E-state index >= 15 is 0 Å². The maximum Gasteiger partial charge on any atom is 0.254 e. The molecule has 2 aliphatic heterocycles. The molecule has 0 aliphatic carbocycles. The Morgan fingerprint density at radius 2 is 1.67 bits per heavy atom. The molecule has 6 heteroatoms. The number of carbonyl (C=O) groups excluding carboxylic acids is 1. The highest BCUT2D eigenvalue weighted by Gasteiger charge is 2.39. The molecule has 0 saturated carbocycles. The minimum absolute atomic E-state index is 0. The largest absolute Gasteiger partial charge is 0.349 e. The first kappa shape index (κ1) is 21.2. The van der Waals surface area contributed by atoms with Gasteiger partial charge in [-0.25, -0.2) is 0 Å². The van der Waals surface area contributed by atoms with E-state index in [2.05, 4.69) is 34.0 Å². The fourth-order valence-corrected chi connectivity index (χ4v) is 5.65. The van der Waals surface area contributed by atoms with E-state index in [0.29, 0.717) is 22.7 Å². The van der Waals surface area contributed by atoms with Gasteiger partial charge in [0.2, 0.25) is 0 Å². The summed E-state index contributed by atoms with van der Waals surface area (Å²) < 4.78 is 2.09. The third-order valence-corrected chi connectivity index (χ3v) is 7.20. The van der Waals surface area contributed by atoms with Crippen LogP contribution in [0.3, 0.4) is 0 Å². The van der Waals surface area contributed by atoms with E-state index in [4.69, 9.17) is 11.6 Å². The molecule has 2 aliphatic rings. The number of rotatable bonds is 3. The van der Waals surface area contributed by atoms with Crippen molar-refractivity contribution in [1.29, 1.82) is 0 Å². The molecule has 3 aromatic rings. The molecular formula is C24H27Cl2N3O. The zero-order valence-electron chi connectivity index (χ0n) is 17.3. The summed E-state index contributed by atoms with van der Waals surface area (Å²) in [4.78, 5) is 16.1. The van der Waals surface area contributed by atoms with Gasteiger partial charge in [-0.05, 0) is 50.4 Å². The predicted molar refractivity (Wildman–Crippen MR) is 126 cm³/mol. The molecule has 2 fully saturated rings. The van der Waals surface area contributed by atoms with Crippen LogP contribution < -0.4 is 5.32 Å². The first-order chi connectivity index (χ1) is 14.0. The van der Waals surface area contributed by atoms with E-state index in [-0.39, 0.29) is 24.4 Å². The van der Waals surface area contributed by atoms with Gasteiger partial charge in [0, 0.05) is 30.6 Å². The van der Waals surface area contributed by atoms with E-state index < -0.39 is 0 Å². The van der Waals surface area contributed by atoms with Gasteiger partial charge in [-0.3, -0.25) is 4.79 Å². The number of nitrogens with one attached hydrogen (secondary N) is 1. The Kier molecular flexibility index (Phi) is 5.84. The second kappa shape index (κ2) is 8.26. The third kappa shape index (κ3) is 3.41. The molecule has 1 N–H and O–H groups in total. The average molecular weight is 444 g/mol. The zero-order chi connectivity index (χ0) is 20.1. The molecule has 3 atom stereocenters. The number of amides is 1. The van der Waals surface area contributed by atoms with Crippen LogP contribution in [-0.2, 0) is 7.05 Å². The van der Waals surface area contributed by atoms with Gasteiger partial charge in [-0.2, -0.15) is 0 Å². The summed E-state index contributed by atoms with van der Waals surface area (Å²) >= 11 is 6.60. The molecule has 2 aromatic carbocycles. The minimum atomic E-state index is -0.0171. The molecular weight excluding hydrogens is 417 g/mol. The molecule has 2 bridgehead atoms. The SMILES string of the molecule is CN1[C@@H]2CC[C@H]1C[C@@H](NC(=O)c1c(-c3ccccc3)n(C)c3cccc(Cl)c13)C2.Cl. The topological polar surface area (TPSA) is 37.3 Å². The van der Waals surface area contributed by atoms with Gasteiger partial charge in [0.25, 0.3) is 5.91 Å². The normalized spacial score (nSPS) is 23.4. The van der Waals surface area contributed by atoms with Crippen LogP contribution in [0.15, 0.2) is 48.5 Å². The van der Waals surface area contributed by atoms with Gasteiger partial charge in [0.1, 0.15) is 0 Å². The van der Waals surface area contributed by atoms with E-state index in [1.54, 1.807) is 0 Å². The molecule has 4 nitrogen and oxygen atoms in total. The maximum absolute atomic E-state index is 13.6. The number of nitrogens with zero attached hydrogens (tertiary/aromatic N) is 2. The standard InChI is InChI=1S/C24H26ClN3O.ClH/c1-27-17-11-12-18(27)14-16(13-17)26-24(29)22-21-19(25)9-6-10-20(21)28(2)23(22)15-7-4-3-5-8-15;/h3-10,16-18H,11-14H2,1-2H3,(H,26,29);1H/t16-,17+,18-;. The lowest BCUT2D eigenvalue weighted by Crippen LogP contribution is -2.48. The van der Waals surface area contributed by atoms with Gasteiger partial charge in [0.15, 0.2) is 0 Å². The number of halogens is 2. The van der Waals surface area contributed by atoms with Crippen LogP contribution in [0.5, 0.6) is 0 Å². The van der Waals surface area contributed by atoms with Crippen LogP contribution >= 0.6 is 24.0 Å². The van der Waals surface area contributed by atoms with E-state index in [1.165, 1.54) is 12.8 Å². The summed E-state index contributed by atoms with van der Waals surface area (Å²) in [5.41, 5.74) is 3.61. The summed E-state index contributed by atoms with van der Waals surface area (Å²) in [5, 5.41) is 4.82. The zero-order valence-corrected chi connectivity index (χ0v) is 18.8. The van der Waals surface area contributed by atoms with E-state index in [9.17, 15) is 4.79 Å². The number of aryl methyl sites for hydroxylation is 1. The van der Waals surface area contributed by atoms with Crippen molar-refractivity contribution in [2.45, 2.75) is 43.8 Å². The Hall–Kier alpha value is -2.01. The van der Waals surface area contributed by atoms with Crippen LogP contribution in [0.1, 0.15) is 36.0 Å². The minimum Gasteiger partial charge on any atom is -0.349 e. The second-order valence-corrected chi connectivity index (χ2v) is 8.88. The number of hydrogen-bond acceptors (Lipinski definition) is 2. The van der Waals surface area contributed by atoms with Crippen LogP contribution in [0.2, 0.25) is 5.02 Å². The van der Waals surface area contributed by atoms with Gasteiger partial charge in [-0.1, -0.05) is 48.0 Å². The lowest BCUT2D eigenvalue weighted by atomic mass is 9.97. The lowest BCUT2D eigenvalue weighted by Gasteiger charge is -2.36. The van der Waals surface area contributed by atoms with Crippen LogP contribution in [-0.4, -0.2) is 40.5 Å². The fourth-order valence-electron chi connectivity index (χ4n) is 5.39. The molecule has 3 heterocycles.